The van der Waals surface area contributed by atoms with Gasteiger partial charge in [0, 0.05) is 31.6 Å². The van der Waals surface area contributed by atoms with Crippen LogP contribution >= 0.6 is 0 Å². The van der Waals surface area contributed by atoms with E-state index in [0.29, 0.717) is 17.9 Å². The van der Waals surface area contributed by atoms with E-state index >= 15 is 0 Å². The molecule has 1 aromatic rings. The Morgan fingerprint density at radius 3 is 2.61 bits per heavy atom. The van der Waals surface area contributed by atoms with Gasteiger partial charge in [-0.3, -0.25) is 9.59 Å². The molecule has 28 heavy (non-hydrogen) atoms. The second-order valence-electron chi connectivity index (χ2n) is 8.53. The van der Waals surface area contributed by atoms with E-state index < -0.39 is 0 Å². The zero-order chi connectivity index (χ0) is 20.1. The van der Waals surface area contributed by atoms with E-state index in [1.54, 1.807) is 12.3 Å². The summed E-state index contributed by atoms with van der Waals surface area (Å²) in [4.78, 5) is 32.3. The van der Waals surface area contributed by atoms with Crippen molar-refractivity contribution in [3.05, 3.63) is 23.7 Å². The van der Waals surface area contributed by atoms with Crippen molar-refractivity contribution in [3.8, 4) is 0 Å². The lowest BCUT2D eigenvalue weighted by molar-refractivity contribution is -0.138. The average Bonchev–Trinajstić information content (AvgIpc) is 3.36. The van der Waals surface area contributed by atoms with Crippen molar-refractivity contribution in [2.45, 2.75) is 58.9 Å². The number of rotatable bonds is 7. The summed E-state index contributed by atoms with van der Waals surface area (Å²) in [6.45, 7) is 11.3. The van der Waals surface area contributed by atoms with Crippen molar-refractivity contribution >= 4 is 11.8 Å². The number of hydrogen-bond acceptors (Lipinski definition) is 4. The first-order valence-corrected chi connectivity index (χ1v) is 10.8. The minimum Gasteiger partial charge on any atom is -0.469 e. The first-order chi connectivity index (χ1) is 13.5. The molecule has 0 spiro atoms. The van der Waals surface area contributed by atoms with Crippen LogP contribution in [0.2, 0.25) is 0 Å². The van der Waals surface area contributed by atoms with Gasteiger partial charge in [0.25, 0.3) is 5.91 Å². The molecule has 3 rings (SSSR count). The Morgan fingerprint density at radius 1 is 1.21 bits per heavy atom. The minimum atomic E-state index is -0.0195. The Kier molecular flexibility index (Phi) is 7.16. The molecule has 0 radical (unpaired) electrons. The lowest BCUT2D eigenvalue weighted by Crippen LogP contribution is -2.53. The molecule has 1 atom stereocenters. The number of piperidine rings is 1. The molecule has 0 aliphatic carbocycles. The van der Waals surface area contributed by atoms with Gasteiger partial charge >= 0.3 is 0 Å². The molecule has 2 saturated heterocycles. The van der Waals surface area contributed by atoms with Crippen LogP contribution in [0, 0.1) is 12.8 Å². The smallest absolute Gasteiger partial charge is 0.257 e. The predicted octanol–water partition coefficient (Wildman–Crippen LogP) is 3.16. The van der Waals surface area contributed by atoms with Gasteiger partial charge < -0.3 is 19.1 Å². The molecule has 0 saturated carbocycles. The second-order valence-corrected chi connectivity index (χ2v) is 8.53. The molecule has 1 aromatic heterocycles. The van der Waals surface area contributed by atoms with Crippen LogP contribution in [0.5, 0.6) is 0 Å². The molecule has 6 nitrogen and oxygen atoms in total. The van der Waals surface area contributed by atoms with E-state index in [9.17, 15) is 9.59 Å². The van der Waals surface area contributed by atoms with Crippen molar-refractivity contribution in [2.75, 3.05) is 39.3 Å². The average molecular weight is 390 g/mol. The zero-order valence-corrected chi connectivity index (χ0v) is 17.7. The largest absolute Gasteiger partial charge is 0.469 e. The molecule has 156 valence electrons. The van der Waals surface area contributed by atoms with E-state index in [-0.39, 0.29) is 23.8 Å². The van der Waals surface area contributed by atoms with Gasteiger partial charge in [-0.05, 0) is 64.7 Å². The number of amides is 2. The highest BCUT2D eigenvalue weighted by atomic mass is 16.3. The summed E-state index contributed by atoms with van der Waals surface area (Å²) in [6.07, 6.45) is 7.06. The molecule has 0 N–H and O–H groups in total. The Bertz CT molecular complexity index is 664. The van der Waals surface area contributed by atoms with Crippen molar-refractivity contribution in [1.82, 2.24) is 14.7 Å². The number of nitrogens with zero attached hydrogens (tertiary/aromatic N) is 3. The summed E-state index contributed by atoms with van der Waals surface area (Å²) >= 11 is 0. The van der Waals surface area contributed by atoms with E-state index in [2.05, 4.69) is 9.80 Å². The maximum atomic E-state index is 12.9. The summed E-state index contributed by atoms with van der Waals surface area (Å²) < 4.78 is 5.31. The first kappa shape index (κ1) is 20.9. The Morgan fingerprint density at radius 2 is 1.96 bits per heavy atom. The van der Waals surface area contributed by atoms with Crippen molar-refractivity contribution in [3.63, 3.8) is 0 Å². The van der Waals surface area contributed by atoms with Crippen LogP contribution in [0.25, 0.3) is 0 Å². The molecule has 1 unspecified atom stereocenters. The van der Waals surface area contributed by atoms with Crippen LogP contribution in [0.4, 0.5) is 0 Å². The SMILES string of the molecule is Cc1occc1C(=O)N1CCCC(N(CCCN2CCCC2)C(=O)C(C)C)C1. The van der Waals surface area contributed by atoms with Gasteiger partial charge in [-0.15, -0.1) is 0 Å². The van der Waals surface area contributed by atoms with E-state index in [4.69, 9.17) is 4.42 Å². The molecule has 2 fully saturated rings. The predicted molar refractivity (Wildman–Crippen MR) is 109 cm³/mol. The fourth-order valence-electron chi connectivity index (χ4n) is 4.45. The number of likely N-dealkylation sites (tertiary alicyclic amines) is 2. The normalized spacial score (nSPS) is 20.7. The van der Waals surface area contributed by atoms with Crippen molar-refractivity contribution in [2.24, 2.45) is 5.92 Å². The number of aryl methyl sites for hydroxylation is 1. The van der Waals surface area contributed by atoms with Crippen LogP contribution < -0.4 is 0 Å². The standard InChI is InChI=1S/C22H35N3O3/c1-17(2)21(26)25(14-7-12-23-10-4-5-11-23)19-8-6-13-24(16-19)22(27)20-9-15-28-18(20)3/h9,15,17,19H,4-8,10-14,16H2,1-3H3. The molecule has 2 aliphatic rings. The molecular weight excluding hydrogens is 354 g/mol. The number of hydrogen-bond donors (Lipinski definition) is 0. The molecule has 2 aliphatic heterocycles. The van der Waals surface area contributed by atoms with Gasteiger partial charge in [-0.2, -0.15) is 0 Å². The fraction of sp³-hybridized carbons (Fsp3) is 0.727. The molecule has 0 bridgehead atoms. The highest BCUT2D eigenvalue weighted by Crippen LogP contribution is 2.22. The molecule has 6 heteroatoms. The summed E-state index contributed by atoms with van der Waals surface area (Å²) in [5.41, 5.74) is 0.636. The summed E-state index contributed by atoms with van der Waals surface area (Å²) in [5.74, 6) is 0.868. The van der Waals surface area contributed by atoms with Gasteiger partial charge in [0.2, 0.25) is 5.91 Å². The quantitative estimate of drug-likeness (QED) is 0.719. The Hall–Kier alpha value is -1.82. The van der Waals surface area contributed by atoms with Crippen LogP contribution in [-0.2, 0) is 4.79 Å². The lowest BCUT2D eigenvalue weighted by atomic mass is 10.0. The maximum Gasteiger partial charge on any atom is 0.257 e. The van der Waals surface area contributed by atoms with Crippen molar-refractivity contribution in [1.29, 1.82) is 0 Å². The molecule has 3 heterocycles. The van der Waals surface area contributed by atoms with Crippen LogP contribution in [0.1, 0.15) is 62.1 Å². The molecule has 0 aromatic carbocycles. The number of carbonyl (C=O) groups excluding carboxylic acids is 2. The number of furan rings is 1. The summed E-state index contributed by atoms with van der Waals surface area (Å²) in [7, 11) is 0. The minimum absolute atomic E-state index is 0.0185. The highest BCUT2D eigenvalue weighted by Gasteiger charge is 2.32. The number of carbonyl (C=O) groups is 2. The first-order valence-electron chi connectivity index (χ1n) is 10.8. The van der Waals surface area contributed by atoms with Gasteiger partial charge in [0.1, 0.15) is 5.76 Å². The third kappa shape index (κ3) is 4.96. The van der Waals surface area contributed by atoms with E-state index in [1.807, 2.05) is 25.7 Å². The fourth-order valence-corrected chi connectivity index (χ4v) is 4.45. The van der Waals surface area contributed by atoms with Gasteiger partial charge in [-0.1, -0.05) is 13.8 Å². The summed E-state index contributed by atoms with van der Waals surface area (Å²) in [6, 6.07) is 1.85. The third-order valence-electron chi connectivity index (χ3n) is 6.06. The summed E-state index contributed by atoms with van der Waals surface area (Å²) in [5, 5.41) is 0. The third-order valence-corrected chi connectivity index (χ3v) is 6.06. The highest BCUT2D eigenvalue weighted by molar-refractivity contribution is 5.95. The lowest BCUT2D eigenvalue weighted by Gasteiger charge is -2.40. The monoisotopic (exact) mass is 389 g/mol. The second kappa shape index (κ2) is 9.59. The zero-order valence-electron chi connectivity index (χ0n) is 17.7. The van der Waals surface area contributed by atoms with E-state index in [0.717, 1.165) is 38.9 Å². The Balaban J connectivity index is 1.63. The van der Waals surface area contributed by atoms with Crippen LogP contribution in [0.15, 0.2) is 16.7 Å². The molecular formula is C22H35N3O3. The van der Waals surface area contributed by atoms with Crippen LogP contribution in [0.3, 0.4) is 0 Å². The topological polar surface area (TPSA) is 57.0 Å². The van der Waals surface area contributed by atoms with Gasteiger partial charge in [0.05, 0.1) is 11.8 Å². The maximum absolute atomic E-state index is 12.9. The Labute approximate surface area is 168 Å². The van der Waals surface area contributed by atoms with Crippen molar-refractivity contribution < 1.29 is 14.0 Å². The van der Waals surface area contributed by atoms with Gasteiger partial charge in [0.15, 0.2) is 0 Å². The molecule has 2 amide bonds. The van der Waals surface area contributed by atoms with Gasteiger partial charge in [-0.25, -0.2) is 0 Å². The van der Waals surface area contributed by atoms with E-state index in [1.165, 1.54) is 25.9 Å². The van der Waals surface area contributed by atoms with Crippen LogP contribution in [-0.4, -0.2) is 71.8 Å².